The topological polar surface area (TPSA) is 26.3 Å². The molecule has 0 bridgehead atoms. The number of ether oxygens (including phenoxy) is 1. The molecule has 2 atom stereocenters. The van der Waals surface area contributed by atoms with Crippen molar-refractivity contribution in [3.05, 3.63) is 42.8 Å². The fourth-order valence-electron chi connectivity index (χ4n) is 1.91. The summed E-state index contributed by atoms with van der Waals surface area (Å²) >= 11 is 0. The molecule has 0 saturated carbocycles. The third kappa shape index (κ3) is 2.93. The Morgan fingerprint density at radius 1 is 1.62 bits per heavy atom. The van der Waals surface area contributed by atoms with Crippen LogP contribution < -0.4 is 0 Å². The molecule has 1 aromatic rings. The van der Waals surface area contributed by atoms with Gasteiger partial charge in [-0.2, -0.15) is 35.9 Å². The minimum atomic E-state index is -0.583. The third-order valence-corrected chi connectivity index (χ3v) is 2.86. The Morgan fingerprint density at radius 2 is 2.38 bits per heavy atom. The average Bonchev–Trinajstić information content (AvgIpc) is 2.41. The zero-order chi connectivity index (χ0) is 10.9. The van der Waals surface area contributed by atoms with Crippen molar-refractivity contribution in [3.8, 4) is 0 Å². The molecule has 2 nitrogen and oxygen atoms in total. The molecule has 0 radical (unpaired) electrons. The molecule has 1 heterocycles. The SMILES string of the molecule is [CH2-]C1(C)OC(=O)CC1Cc1[c-]cccc1.[Pd+2]. The van der Waals surface area contributed by atoms with Gasteiger partial charge in [-0.3, -0.25) is 11.7 Å². The zero-order valence-electron chi connectivity index (χ0n) is 9.14. The van der Waals surface area contributed by atoms with Crippen LogP contribution in [0.1, 0.15) is 18.9 Å². The molecule has 0 aliphatic carbocycles. The molecule has 2 unspecified atom stereocenters. The molecule has 1 fully saturated rings. The molecule has 0 N–H and O–H groups in total. The molecule has 88 valence electrons. The molecule has 16 heavy (non-hydrogen) atoms. The van der Waals surface area contributed by atoms with Gasteiger partial charge >= 0.3 is 26.4 Å². The maximum absolute atomic E-state index is 11.2. The number of rotatable bonds is 2. The van der Waals surface area contributed by atoms with Crippen molar-refractivity contribution in [2.24, 2.45) is 5.92 Å². The molecule has 1 aliphatic heterocycles. The fourth-order valence-corrected chi connectivity index (χ4v) is 1.91. The summed E-state index contributed by atoms with van der Waals surface area (Å²) in [6.07, 6.45) is 1.26. The van der Waals surface area contributed by atoms with Crippen molar-refractivity contribution in [1.29, 1.82) is 0 Å². The second-order valence-corrected chi connectivity index (χ2v) is 4.28. The van der Waals surface area contributed by atoms with Crippen LogP contribution in [0.25, 0.3) is 0 Å². The van der Waals surface area contributed by atoms with Crippen LogP contribution in [0.3, 0.4) is 0 Å². The summed E-state index contributed by atoms with van der Waals surface area (Å²) < 4.78 is 5.17. The Hall–Kier alpha value is -0.648. The van der Waals surface area contributed by atoms with Crippen LogP contribution in [0.15, 0.2) is 24.3 Å². The number of benzene rings is 1. The Labute approximate surface area is 110 Å². The van der Waals surface area contributed by atoms with E-state index in [-0.39, 0.29) is 32.3 Å². The van der Waals surface area contributed by atoms with Gasteiger partial charge in [-0.1, -0.05) is 6.92 Å². The number of carbonyl (C=O) groups is 1. The Balaban J connectivity index is 0.00000128. The van der Waals surface area contributed by atoms with E-state index in [0.717, 1.165) is 12.0 Å². The maximum atomic E-state index is 11.2. The Bertz CT molecular complexity index is 359. The molecule has 2 rings (SSSR count). The van der Waals surface area contributed by atoms with Gasteiger partial charge in [0.15, 0.2) is 0 Å². The Morgan fingerprint density at radius 3 is 2.88 bits per heavy atom. The molecule has 1 saturated heterocycles. The second kappa shape index (κ2) is 5.12. The van der Waals surface area contributed by atoms with Gasteiger partial charge in [0.25, 0.3) is 0 Å². The van der Waals surface area contributed by atoms with Gasteiger partial charge in [-0.25, -0.2) is 0 Å². The van der Waals surface area contributed by atoms with E-state index in [1.807, 2.05) is 31.2 Å². The van der Waals surface area contributed by atoms with Crippen LogP contribution in [-0.4, -0.2) is 11.6 Å². The van der Waals surface area contributed by atoms with E-state index in [9.17, 15) is 4.79 Å². The van der Waals surface area contributed by atoms with E-state index in [0.29, 0.717) is 6.42 Å². The first-order chi connectivity index (χ1) is 7.08. The number of cyclic esters (lactones) is 1. The number of carbonyl (C=O) groups excluding carboxylic acids is 1. The van der Waals surface area contributed by atoms with Crippen molar-refractivity contribution in [3.63, 3.8) is 0 Å². The standard InChI is InChI=1S/C13H14O2.Pd/c1-13(2)11(9-12(14)15-13)8-10-6-4-3-5-7-10;/h3-6,11H,1,8-9H2,2H3;/q-2;+2. The van der Waals surface area contributed by atoms with Crippen LogP contribution >= 0.6 is 0 Å². The van der Waals surface area contributed by atoms with Gasteiger partial charge in [0, 0.05) is 6.42 Å². The van der Waals surface area contributed by atoms with Crippen LogP contribution in [0.2, 0.25) is 0 Å². The van der Waals surface area contributed by atoms with Crippen LogP contribution in [0.4, 0.5) is 0 Å². The summed E-state index contributed by atoms with van der Waals surface area (Å²) in [6, 6.07) is 11.0. The number of hydrogen-bond donors (Lipinski definition) is 0. The maximum Gasteiger partial charge on any atom is 2.00 e. The van der Waals surface area contributed by atoms with E-state index in [1.165, 1.54) is 0 Å². The fraction of sp³-hybridized carbons (Fsp3) is 0.385. The van der Waals surface area contributed by atoms with Crippen molar-refractivity contribution in [2.75, 3.05) is 0 Å². The van der Waals surface area contributed by atoms with Crippen molar-refractivity contribution in [2.45, 2.75) is 25.4 Å². The monoisotopic (exact) mass is 308 g/mol. The van der Waals surface area contributed by atoms with Gasteiger partial charge in [-0.15, -0.1) is 0 Å². The predicted molar refractivity (Wildman–Crippen MR) is 56.9 cm³/mol. The van der Waals surface area contributed by atoms with E-state index in [4.69, 9.17) is 4.74 Å². The molecular weight excluding hydrogens is 295 g/mol. The summed E-state index contributed by atoms with van der Waals surface area (Å²) in [5.74, 6) is 0.0112. The van der Waals surface area contributed by atoms with Crippen LogP contribution in [0.5, 0.6) is 0 Å². The third-order valence-electron chi connectivity index (χ3n) is 2.86. The van der Waals surface area contributed by atoms with E-state index < -0.39 is 5.60 Å². The van der Waals surface area contributed by atoms with E-state index in [1.54, 1.807) is 0 Å². The molecule has 1 aromatic carbocycles. The minimum Gasteiger partial charge on any atom is -0.492 e. The Kier molecular flexibility index (Phi) is 4.29. The summed E-state index contributed by atoms with van der Waals surface area (Å²) in [5.41, 5.74) is 0.525. The van der Waals surface area contributed by atoms with Gasteiger partial charge in [-0.05, 0) is 17.9 Å². The molecule has 0 aromatic heterocycles. The molecule has 0 spiro atoms. The molecular formula is C13H14O2Pd. The van der Waals surface area contributed by atoms with Gasteiger partial charge in [0.1, 0.15) is 0 Å². The summed E-state index contributed by atoms with van der Waals surface area (Å²) in [5, 5.41) is 0. The first-order valence-corrected chi connectivity index (χ1v) is 5.11. The normalized spacial score (nSPS) is 28.4. The summed E-state index contributed by atoms with van der Waals surface area (Å²) in [4.78, 5) is 11.2. The number of hydrogen-bond acceptors (Lipinski definition) is 2. The largest absolute Gasteiger partial charge is 2.00 e. The van der Waals surface area contributed by atoms with E-state index in [2.05, 4.69) is 13.0 Å². The van der Waals surface area contributed by atoms with Crippen LogP contribution in [0, 0.1) is 18.9 Å². The first kappa shape index (κ1) is 13.4. The first-order valence-electron chi connectivity index (χ1n) is 5.11. The predicted octanol–water partition coefficient (Wildman–Crippen LogP) is 2.18. The van der Waals surface area contributed by atoms with Gasteiger partial charge in [0.05, 0.1) is 0 Å². The minimum absolute atomic E-state index is 0. The van der Waals surface area contributed by atoms with Crippen molar-refractivity contribution < 1.29 is 30.0 Å². The van der Waals surface area contributed by atoms with Crippen LogP contribution in [-0.2, 0) is 36.4 Å². The van der Waals surface area contributed by atoms with Gasteiger partial charge in [0.2, 0.25) is 0 Å². The average molecular weight is 309 g/mol. The zero-order valence-corrected chi connectivity index (χ0v) is 10.7. The van der Waals surface area contributed by atoms with Crippen molar-refractivity contribution in [1.82, 2.24) is 0 Å². The number of esters is 1. The van der Waals surface area contributed by atoms with Gasteiger partial charge < -0.3 is 4.74 Å². The molecule has 3 heteroatoms. The quantitative estimate of drug-likeness (QED) is 0.475. The smallest absolute Gasteiger partial charge is 0.492 e. The van der Waals surface area contributed by atoms with Crippen molar-refractivity contribution >= 4 is 5.97 Å². The molecule has 1 aliphatic rings. The van der Waals surface area contributed by atoms with E-state index >= 15 is 0 Å². The second-order valence-electron chi connectivity index (χ2n) is 4.28. The summed E-state index contributed by atoms with van der Waals surface area (Å²) in [7, 11) is 0. The summed E-state index contributed by atoms with van der Waals surface area (Å²) in [6.45, 7) is 5.81. The molecule has 0 amide bonds.